The Kier molecular flexibility index (Phi) is 6.89. The minimum absolute atomic E-state index is 0.0588. The lowest BCUT2D eigenvalue weighted by atomic mass is 10.1. The fourth-order valence-electron chi connectivity index (χ4n) is 3.34. The topological polar surface area (TPSA) is 51.9 Å². The first-order valence-electron chi connectivity index (χ1n) is 9.96. The number of halogens is 2. The quantitative estimate of drug-likeness (QED) is 0.217. The summed E-state index contributed by atoms with van der Waals surface area (Å²) in [6, 6.07) is 22.8. The highest BCUT2D eigenvalue weighted by atomic mass is 79.9. The van der Waals surface area contributed by atoms with Gasteiger partial charge in [0.15, 0.2) is 11.6 Å². The van der Waals surface area contributed by atoms with Crippen molar-refractivity contribution in [3.8, 4) is 5.69 Å². The van der Waals surface area contributed by atoms with Crippen LogP contribution in [0.3, 0.4) is 0 Å². The predicted molar refractivity (Wildman–Crippen MR) is 134 cm³/mol. The Morgan fingerprint density at radius 3 is 2.50 bits per heavy atom. The van der Waals surface area contributed by atoms with Crippen molar-refractivity contribution in [2.75, 3.05) is 5.32 Å². The molecule has 5 nitrogen and oxygen atoms in total. The van der Waals surface area contributed by atoms with Crippen LogP contribution in [0.2, 0.25) is 5.02 Å². The molecule has 0 radical (unpaired) electrons. The lowest BCUT2D eigenvalue weighted by Crippen LogP contribution is -2.12. The summed E-state index contributed by atoms with van der Waals surface area (Å²) in [5.41, 5.74) is 3.38. The molecule has 8 heteroatoms. The minimum atomic E-state index is -0.0588. The molecule has 0 saturated carbocycles. The molecule has 162 valence electrons. The van der Waals surface area contributed by atoms with E-state index < -0.39 is 0 Å². The molecule has 0 aliphatic carbocycles. The van der Waals surface area contributed by atoms with Crippen LogP contribution in [0.5, 0.6) is 0 Å². The van der Waals surface area contributed by atoms with Gasteiger partial charge in [0.1, 0.15) is 6.54 Å². The number of hydrogen-bond acceptors (Lipinski definition) is 4. The van der Waals surface area contributed by atoms with Crippen LogP contribution in [0.15, 0.2) is 77.3 Å². The summed E-state index contributed by atoms with van der Waals surface area (Å²) in [4.78, 5) is 12.8. The van der Waals surface area contributed by atoms with Crippen molar-refractivity contribution in [1.29, 1.82) is 0 Å². The number of nitrogens with one attached hydrogen (secondary N) is 1. The minimum Gasteiger partial charge on any atom is -0.377 e. The van der Waals surface area contributed by atoms with Gasteiger partial charge in [0, 0.05) is 26.4 Å². The summed E-state index contributed by atoms with van der Waals surface area (Å²) in [5.74, 6) is 0.640. The molecule has 0 aliphatic heterocycles. The number of hydrogen-bond donors (Lipinski definition) is 1. The number of ketones is 1. The van der Waals surface area contributed by atoms with E-state index in [-0.39, 0.29) is 12.3 Å². The highest BCUT2D eigenvalue weighted by Gasteiger charge is 2.16. The normalized spacial score (nSPS) is 10.8. The molecule has 0 atom stereocenters. The number of anilines is 1. The van der Waals surface area contributed by atoms with Crippen molar-refractivity contribution in [2.24, 2.45) is 0 Å². The molecule has 0 spiro atoms. The summed E-state index contributed by atoms with van der Waals surface area (Å²) < 4.78 is 4.84. The van der Waals surface area contributed by atoms with Crippen molar-refractivity contribution >= 4 is 51.2 Å². The van der Waals surface area contributed by atoms with E-state index in [1.165, 1.54) is 0 Å². The molecule has 0 unspecified atom stereocenters. The summed E-state index contributed by atoms with van der Waals surface area (Å²) >= 11 is 15.4. The molecule has 3 aromatic carbocycles. The van der Waals surface area contributed by atoms with Gasteiger partial charge in [0.2, 0.25) is 4.77 Å². The van der Waals surface area contributed by atoms with Gasteiger partial charge >= 0.3 is 0 Å². The summed E-state index contributed by atoms with van der Waals surface area (Å²) in [6.07, 6.45) is 0. The van der Waals surface area contributed by atoms with Crippen molar-refractivity contribution in [2.45, 2.75) is 20.0 Å². The second kappa shape index (κ2) is 9.81. The summed E-state index contributed by atoms with van der Waals surface area (Å²) in [7, 11) is 0. The molecule has 32 heavy (non-hydrogen) atoms. The van der Waals surface area contributed by atoms with Crippen molar-refractivity contribution in [3.05, 3.63) is 104 Å². The van der Waals surface area contributed by atoms with E-state index in [1.54, 1.807) is 16.8 Å². The van der Waals surface area contributed by atoms with Crippen LogP contribution < -0.4 is 5.32 Å². The van der Waals surface area contributed by atoms with Crippen molar-refractivity contribution in [3.63, 3.8) is 0 Å². The Labute approximate surface area is 204 Å². The van der Waals surface area contributed by atoms with Crippen LogP contribution in [0.25, 0.3) is 5.69 Å². The highest BCUT2D eigenvalue weighted by molar-refractivity contribution is 9.10. The number of para-hydroxylation sites is 1. The second-order valence-corrected chi connectivity index (χ2v) is 8.91. The molecule has 4 rings (SSSR count). The molecular formula is C24H20BrClN4OS. The average molecular weight is 528 g/mol. The maximum Gasteiger partial charge on any atom is 0.203 e. The Bertz CT molecular complexity index is 1320. The van der Waals surface area contributed by atoms with E-state index in [4.69, 9.17) is 23.8 Å². The monoisotopic (exact) mass is 526 g/mol. The molecule has 1 aromatic heterocycles. The Balaban J connectivity index is 1.67. The molecule has 0 saturated heterocycles. The second-order valence-electron chi connectivity index (χ2n) is 7.22. The highest BCUT2D eigenvalue weighted by Crippen LogP contribution is 2.24. The first kappa shape index (κ1) is 22.5. The Morgan fingerprint density at radius 2 is 1.78 bits per heavy atom. The summed E-state index contributed by atoms with van der Waals surface area (Å²) in [5, 5.41) is 8.78. The third kappa shape index (κ3) is 4.85. The Hall–Kier alpha value is -2.74. The zero-order chi connectivity index (χ0) is 22.7. The van der Waals surface area contributed by atoms with E-state index in [9.17, 15) is 4.79 Å². The molecule has 0 aliphatic rings. The van der Waals surface area contributed by atoms with Gasteiger partial charge in [-0.3, -0.25) is 9.36 Å². The fraction of sp³-hybridized carbons (Fsp3) is 0.125. The number of benzene rings is 3. The lowest BCUT2D eigenvalue weighted by Gasteiger charge is -2.11. The largest absolute Gasteiger partial charge is 0.377 e. The molecule has 4 aromatic rings. The SMILES string of the molecule is Cc1c(Cl)cccc1NCc1nn(CC(=O)c2ccc(Br)cc2)c(=S)n1-c1ccccc1. The van der Waals surface area contributed by atoms with Gasteiger partial charge in [-0.1, -0.05) is 63.9 Å². The third-order valence-electron chi connectivity index (χ3n) is 5.08. The van der Waals surface area contributed by atoms with E-state index in [0.29, 0.717) is 27.7 Å². The molecule has 0 amide bonds. The summed E-state index contributed by atoms with van der Waals surface area (Å²) in [6.45, 7) is 2.44. The van der Waals surface area contributed by atoms with Crippen LogP contribution in [0.4, 0.5) is 5.69 Å². The maximum absolute atomic E-state index is 12.8. The van der Waals surface area contributed by atoms with Gasteiger partial charge in [0.25, 0.3) is 0 Å². The lowest BCUT2D eigenvalue weighted by molar-refractivity contribution is 0.0967. The van der Waals surface area contributed by atoms with Crippen LogP contribution in [-0.4, -0.2) is 20.1 Å². The number of nitrogens with zero attached hydrogens (tertiary/aromatic N) is 3. The molecular weight excluding hydrogens is 508 g/mol. The van der Waals surface area contributed by atoms with Crippen LogP contribution in [0, 0.1) is 11.7 Å². The van der Waals surface area contributed by atoms with E-state index in [1.807, 2.05) is 72.2 Å². The molecule has 0 fully saturated rings. The number of aromatic nitrogens is 3. The number of carbonyl (C=O) groups is 1. The third-order valence-corrected chi connectivity index (χ3v) is 6.42. The fourth-order valence-corrected chi connectivity index (χ4v) is 4.10. The van der Waals surface area contributed by atoms with Crippen LogP contribution in [-0.2, 0) is 13.1 Å². The molecule has 1 heterocycles. The van der Waals surface area contributed by atoms with Gasteiger partial charge < -0.3 is 5.32 Å². The first-order valence-corrected chi connectivity index (χ1v) is 11.5. The zero-order valence-electron chi connectivity index (χ0n) is 17.3. The van der Waals surface area contributed by atoms with Crippen LogP contribution in [0.1, 0.15) is 21.7 Å². The van der Waals surface area contributed by atoms with E-state index >= 15 is 0 Å². The van der Waals surface area contributed by atoms with Gasteiger partial charge in [-0.25, -0.2) is 4.68 Å². The first-order chi connectivity index (χ1) is 15.4. The smallest absolute Gasteiger partial charge is 0.203 e. The van der Waals surface area contributed by atoms with Crippen LogP contribution >= 0.6 is 39.7 Å². The number of carbonyl (C=O) groups excluding carboxylic acids is 1. The van der Waals surface area contributed by atoms with Gasteiger partial charge in [-0.2, -0.15) is 5.10 Å². The van der Waals surface area contributed by atoms with Gasteiger partial charge in [-0.15, -0.1) is 0 Å². The molecule has 1 N–H and O–H groups in total. The molecule has 0 bridgehead atoms. The van der Waals surface area contributed by atoms with E-state index in [2.05, 4.69) is 26.3 Å². The number of Topliss-reactive ketones (excluding diaryl/α,β-unsaturated/α-hetero) is 1. The van der Waals surface area contributed by atoms with Crippen molar-refractivity contribution < 1.29 is 4.79 Å². The Morgan fingerprint density at radius 1 is 1.06 bits per heavy atom. The number of rotatable bonds is 7. The van der Waals surface area contributed by atoms with Crippen molar-refractivity contribution in [1.82, 2.24) is 14.3 Å². The maximum atomic E-state index is 12.8. The zero-order valence-corrected chi connectivity index (χ0v) is 20.4. The van der Waals surface area contributed by atoms with Gasteiger partial charge in [0.05, 0.1) is 6.54 Å². The average Bonchev–Trinajstić information content (AvgIpc) is 3.10. The predicted octanol–water partition coefficient (Wildman–Crippen LogP) is 6.62. The standard InChI is InChI=1S/C24H20BrClN4OS/c1-16-20(26)8-5-9-21(16)27-14-23-28-29(15-22(31)17-10-12-18(25)13-11-17)24(32)30(23)19-6-3-2-4-7-19/h2-13,27H,14-15H2,1H3. The van der Waals surface area contributed by atoms with E-state index in [0.717, 1.165) is 21.4 Å². The van der Waals surface area contributed by atoms with Gasteiger partial charge in [-0.05, 0) is 61.1 Å².